The monoisotopic (exact) mass is 393 g/mol. The van der Waals surface area contributed by atoms with Crippen molar-refractivity contribution < 1.29 is 29.1 Å². The second-order valence-electron chi connectivity index (χ2n) is 8.71. The summed E-state index contributed by atoms with van der Waals surface area (Å²) in [6.07, 6.45) is 0.577. The summed E-state index contributed by atoms with van der Waals surface area (Å²) in [5.74, 6) is -1.94. The standard InChI is InChI=1S/C21H31NO6/c1-20(2,3)27-18(24)15-9-7-14(8-10-15)13-16(11-12-17(23)22-26)19(25)28-21(4,5)6/h7-10,16,26H,11-13H2,1-6H3,(H,22,23). The number of esters is 2. The van der Waals surface area contributed by atoms with Crippen molar-refractivity contribution in [1.29, 1.82) is 0 Å². The smallest absolute Gasteiger partial charge is 0.338 e. The van der Waals surface area contributed by atoms with E-state index in [1.165, 1.54) is 0 Å². The van der Waals surface area contributed by atoms with Gasteiger partial charge in [0, 0.05) is 6.42 Å². The summed E-state index contributed by atoms with van der Waals surface area (Å²) in [5.41, 5.74) is 1.59. The van der Waals surface area contributed by atoms with Crippen molar-refractivity contribution in [2.75, 3.05) is 0 Å². The Bertz CT molecular complexity index is 682. The Hall–Kier alpha value is -2.41. The van der Waals surface area contributed by atoms with Gasteiger partial charge in [0.1, 0.15) is 11.2 Å². The van der Waals surface area contributed by atoms with E-state index in [2.05, 4.69) is 0 Å². The Morgan fingerprint density at radius 1 is 0.964 bits per heavy atom. The molecule has 0 fully saturated rings. The van der Waals surface area contributed by atoms with Gasteiger partial charge >= 0.3 is 11.9 Å². The molecule has 0 radical (unpaired) electrons. The number of carbonyl (C=O) groups excluding carboxylic acids is 3. The van der Waals surface area contributed by atoms with Crippen LogP contribution in [-0.2, 0) is 25.5 Å². The molecule has 1 aromatic rings. The van der Waals surface area contributed by atoms with E-state index in [0.717, 1.165) is 5.56 Å². The predicted molar refractivity (Wildman–Crippen MR) is 104 cm³/mol. The highest BCUT2D eigenvalue weighted by Crippen LogP contribution is 2.21. The van der Waals surface area contributed by atoms with E-state index in [4.69, 9.17) is 14.7 Å². The Morgan fingerprint density at radius 2 is 1.50 bits per heavy atom. The molecule has 0 aliphatic carbocycles. The highest BCUT2D eigenvalue weighted by molar-refractivity contribution is 5.89. The van der Waals surface area contributed by atoms with Gasteiger partial charge in [0.05, 0.1) is 11.5 Å². The molecule has 0 spiro atoms. The minimum Gasteiger partial charge on any atom is -0.460 e. The van der Waals surface area contributed by atoms with Gasteiger partial charge in [-0.05, 0) is 72.1 Å². The van der Waals surface area contributed by atoms with Crippen LogP contribution in [0.4, 0.5) is 0 Å². The van der Waals surface area contributed by atoms with E-state index >= 15 is 0 Å². The molecular formula is C21H31NO6. The van der Waals surface area contributed by atoms with Crippen LogP contribution in [-0.4, -0.2) is 34.3 Å². The lowest BCUT2D eigenvalue weighted by Gasteiger charge is -2.24. The molecular weight excluding hydrogens is 362 g/mol. The maximum Gasteiger partial charge on any atom is 0.338 e. The third-order valence-electron chi connectivity index (χ3n) is 3.66. The zero-order chi connectivity index (χ0) is 21.5. The van der Waals surface area contributed by atoms with Crippen LogP contribution in [0.15, 0.2) is 24.3 Å². The van der Waals surface area contributed by atoms with Gasteiger partial charge in [0.2, 0.25) is 5.91 Å². The summed E-state index contributed by atoms with van der Waals surface area (Å²) < 4.78 is 10.8. The summed E-state index contributed by atoms with van der Waals surface area (Å²) in [6, 6.07) is 6.80. The van der Waals surface area contributed by atoms with Gasteiger partial charge in [-0.1, -0.05) is 12.1 Å². The lowest BCUT2D eigenvalue weighted by molar-refractivity contribution is -0.160. The number of benzene rings is 1. The second kappa shape index (κ2) is 9.68. The number of rotatable bonds is 7. The number of amides is 1. The summed E-state index contributed by atoms with van der Waals surface area (Å²) in [7, 11) is 0. The quantitative estimate of drug-likeness (QED) is 0.418. The topological polar surface area (TPSA) is 102 Å². The molecule has 1 rings (SSSR count). The number of hydroxylamine groups is 1. The number of ether oxygens (including phenoxy) is 2. The molecule has 0 saturated carbocycles. The van der Waals surface area contributed by atoms with Gasteiger partial charge in [-0.25, -0.2) is 10.3 Å². The molecule has 0 bridgehead atoms. The molecule has 7 heteroatoms. The maximum absolute atomic E-state index is 12.5. The fraction of sp³-hybridized carbons (Fsp3) is 0.571. The zero-order valence-electron chi connectivity index (χ0n) is 17.5. The van der Waals surface area contributed by atoms with Gasteiger partial charge in [0.15, 0.2) is 0 Å². The maximum atomic E-state index is 12.5. The molecule has 0 aromatic heterocycles. The van der Waals surface area contributed by atoms with Crippen LogP contribution in [0.2, 0.25) is 0 Å². The number of carbonyl (C=O) groups is 3. The van der Waals surface area contributed by atoms with Crippen LogP contribution in [0.5, 0.6) is 0 Å². The first kappa shape index (κ1) is 23.6. The van der Waals surface area contributed by atoms with Crippen molar-refractivity contribution in [3.63, 3.8) is 0 Å². The van der Waals surface area contributed by atoms with Gasteiger partial charge in [-0.15, -0.1) is 0 Å². The van der Waals surface area contributed by atoms with E-state index < -0.39 is 35.0 Å². The van der Waals surface area contributed by atoms with Crippen LogP contribution < -0.4 is 5.48 Å². The first-order valence-electron chi connectivity index (χ1n) is 9.29. The minimum atomic E-state index is -0.644. The third kappa shape index (κ3) is 8.99. The Morgan fingerprint density at radius 3 is 1.96 bits per heavy atom. The molecule has 156 valence electrons. The average Bonchev–Trinajstić information content (AvgIpc) is 2.55. The van der Waals surface area contributed by atoms with E-state index in [0.29, 0.717) is 12.0 Å². The van der Waals surface area contributed by atoms with Gasteiger partial charge in [0.25, 0.3) is 0 Å². The Labute approximate surface area is 166 Å². The van der Waals surface area contributed by atoms with Crippen LogP contribution in [0.1, 0.15) is 70.3 Å². The lowest BCUT2D eigenvalue weighted by Crippen LogP contribution is -2.31. The van der Waals surface area contributed by atoms with Crippen LogP contribution in [0.3, 0.4) is 0 Å². The highest BCUT2D eigenvalue weighted by atomic mass is 16.6. The number of hydrogen-bond donors (Lipinski definition) is 2. The Balaban J connectivity index is 2.87. The van der Waals surface area contributed by atoms with Crippen molar-refractivity contribution in [3.8, 4) is 0 Å². The van der Waals surface area contributed by atoms with Crippen molar-refractivity contribution >= 4 is 17.8 Å². The molecule has 0 aliphatic heterocycles. The van der Waals surface area contributed by atoms with Gasteiger partial charge < -0.3 is 9.47 Å². The molecule has 2 N–H and O–H groups in total. The van der Waals surface area contributed by atoms with Gasteiger partial charge in [-0.2, -0.15) is 0 Å². The molecule has 0 aliphatic rings. The fourth-order valence-electron chi connectivity index (χ4n) is 2.45. The largest absolute Gasteiger partial charge is 0.460 e. The summed E-state index contributed by atoms with van der Waals surface area (Å²) >= 11 is 0. The molecule has 1 amide bonds. The van der Waals surface area contributed by atoms with Crippen LogP contribution >= 0.6 is 0 Å². The predicted octanol–water partition coefficient (Wildman–Crippen LogP) is 3.43. The van der Waals surface area contributed by atoms with E-state index in [9.17, 15) is 14.4 Å². The third-order valence-corrected chi connectivity index (χ3v) is 3.66. The molecule has 1 atom stereocenters. The van der Waals surface area contributed by atoms with Gasteiger partial charge in [-0.3, -0.25) is 14.8 Å². The molecule has 0 heterocycles. The first-order valence-corrected chi connectivity index (χ1v) is 9.29. The average molecular weight is 393 g/mol. The summed E-state index contributed by atoms with van der Waals surface area (Å²) in [5, 5.41) is 8.67. The molecule has 0 saturated heterocycles. The normalized spacial score (nSPS) is 12.8. The van der Waals surface area contributed by atoms with Crippen molar-refractivity contribution in [2.45, 2.75) is 72.0 Å². The summed E-state index contributed by atoms with van der Waals surface area (Å²) in [4.78, 5) is 36.0. The first-order chi connectivity index (χ1) is 12.8. The highest BCUT2D eigenvalue weighted by Gasteiger charge is 2.26. The van der Waals surface area contributed by atoms with Crippen molar-refractivity contribution in [3.05, 3.63) is 35.4 Å². The van der Waals surface area contributed by atoms with E-state index in [1.807, 2.05) is 0 Å². The second-order valence-corrected chi connectivity index (χ2v) is 8.71. The van der Waals surface area contributed by atoms with Crippen LogP contribution in [0, 0.1) is 5.92 Å². The van der Waals surface area contributed by atoms with E-state index in [-0.39, 0.29) is 12.8 Å². The molecule has 28 heavy (non-hydrogen) atoms. The van der Waals surface area contributed by atoms with Crippen molar-refractivity contribution in [2.24, 2.45) is 5.92 Å². The van der Waals surface area contributed by atoms with Crippen molar-refractivity contribution in [1.82, 2.24) is 5.48 Å². The fourth-order valence-corrected chi connectivity index (χ4v) is 2.45. The zero-order valence-corrected chi connectivity index (χ0v) is 17.5. The van der Waals surface area contributed by atoms with E-state index in [1.54, 1.807) is 71.3 Å². The number of nitrogens with one attached hydrogen (secondary N) is 1. The minimum absolute atomic E-state index is 0.00357. The Kier molecular flexibility index (Phi) is 8.17. The number of hydrogen-bond acceptors (Lipinski definition) is 6. The molecule has 1 unspecified atom stereocenters. The summed E-state index contributed by atoms with van der Waals surface area (Å²) in [6.45, 7) is 10.7. The molecule has 1 aromatic carbocycles. The molecule has 7 nitrogen and oxygen atoms in total. The van der Waals surface area contributed by atoms with Crippen LogP contribution in [0.25, 0.3) is 0 Å². The lowest BCUT2D eigenvalue weighted by atomic mass is 9.94. The SMILES string of the molecule is CC(C)(C)OC(=O)c1ccc(CC(CCC(=O)NO)C(=O)OC(C)(C)C)cc1.